The molecule has 3 atom stereocenters. The number of rotatable bonds is 3. The highest BCUT2D eigenvalue weighted by Gasteiger charge is 2.65. The minimum absolute atomic E-state index is 0.415. The van der Waals surface area contributed by atoms with Crippen LogP contribution >= 0.6 is 0 Å². The van der Waals surface area contributed by atoms with E-state index in [1.165, 1.54) is 44.9 Å². The average molecular weight is 277 g/mol. The van der Waals surface area contributed by atoms with Gasteiger partial charge >= 0.3 is 0 Å². The summed E-state index contributed by atoms with van der Waals surface area (Å²) in [4.78, 5) is 4.43. The maximum Gasteiger partial charge on any atom is 0.191 e. The Balaban J connectivity index is 1.43. The first-order chi connectivity index (χ1) is 9.83. The van der Waals surface area contributed by atoms with Crippen molar-refractivity contribution in [3.63, 3.8) is 0 Å². The van der Waals surface area contributed by atoms with Gasteiger partial charge in [0, 0.05) is 37.6 Å². The van der Waals surface area contributed by atoms with Crippen molar-refractivity contribution in [3.05, 3.63) is 0 Å². The topological polar surface area (TPSA) is 45.7 Å². The van der Waals surface area contributed by atoms with Crippen LogP contribution in [0.2, 0.25) is 0 Å². The number of aliphatic imine (C=N–C) groups is 1. The third-order valence-corrected chi connectivity index (χ3v) is 6.06. The highest BCUT2D eigenvalue weighted by atomic mass is 16.5. The average Bonchev–Trinajstić information content (AvgIpc) is 2.98. The van der Waals surface area contributed by atoms with Gasteiger partial charge in [-0.25, -0.2) is 0 Å². The van der Waals surface area contributed by atoms with Crippen molar-refractivity contribution in [2.75, 3.05) is 20.2 Å². The monoisotopic (exact) mass is 277 g/mol. The summed E-state index contributed by atoms with van der Waals surface area (Å²) in [5.41, 5.74) is 0.415. The van der Waals surface area contributed by atoms with E-state index < -0.39 is 0 Å². The highest BCUT2D eigenvalue weighted by molar-refractivity contribution is 5.80. The zero-order valence-electron chi connectivity index (χ0n) is 12.5. The number of guanidine groups is 1. The second-order valence-electron chi connectivity index (χ2n) is 7.20. The molecule has 4 aliphatic rings. The Morgan fingerprint density at radius 2 is 2.05 bits per heavy atom. The van der Waals surface area contributed by atoms with Crippen molar-refractivity contribution in [2.45, 2.75) is 57.1 Å². The molecule has 0 aromatic rings. The lowest BCUT2D eigenvalue weighted by Gasteiger charge is -2.57. The molecule has 4 fully saturated rings. The fourth-order valence-electron chi connectivity index (χ4n) is 4.81. The number of hydrogen-bond donors (Lipinski definition) is 2. The molecular formula is C16H27N3O. The quantitative estimate of drug-likeness (QED) is 0.612. The van der Waals surface area contributed by atoms with Gasteiger partial charge < -0.3 is 15.4 Å². The molecule has 0 radical (unpaired) electrons. The first kappa shape index (κ1) is 12.9. The maximum atomic E-state index is 6.04. The lowest BCUT2D eigenvalue weighted by molar-refractivity contribution is -0.125. The Morgan fingerprint density at radius 1 is 1.25 bits per heavy atom. The summed E-state index contributed by atoms with van der Waals surface area (Å²) in [6.45, 7) is 2.05. The van der Waals surface area contributed by atoms with Crippen LogP contribution in [0, 0.1) is 17.3 Å². The predicted molar refractivity (Wildman–Crippen MR) is 79.8 cm³/mol. The third kappa shape index (κ3) is 1.95. The van der Waals surface area contributed by atoms with E-state index in [4.69, 9.17) is 4.74 Å². The van der Waals surface area contributed by atoms with Gasteiger partial charge in [-0.3, -0.25) is 4.99 Å². The Kier molecular flexibility index (Phi) is 3.17. The molecule has 0 bridgehead atoms. The Morgan fingerprint density at radius 3 is 2.75 bits per heavy atom. The van der Waals surface area contributed by atoms with Crippen LogP contribution in [-0.4, -0.2) is 38.3 Å². The number of hydrogen-bond acceptors (Lipinski definition) is 2. The van der Waals surface area contributed by atoms with Gasteiger partial charge in [-0.15, -0.1) is 0 Å². The Hall–Kier alpha value is -0.770. The van der Waals surface area contributed by atoms with E-state index in [-0.39, 0.29) is 0 Å². The fourth-order valence-corrected chi connectivity index (χ4v) is 4.81. The molecule has 3 saturated carbocycles. The number of nitrogens with zero attached hydrogens (tertiary/aromatic N) is 1. The summed E-state index contributed by atoms with van der Waals surface area (Å²) in [6, 6.07) is 0.586. The van der Waals surface area contributed by atoms with Crippen LogP contribution in [0.5, 0.6) is 0 Å². The molecule has 4 heteroatoms. The van der Waals surface area contributed by atoms with Gasteiger partial charge in [0.1, 0.15) is 0 Å². The van der Waals surface area contributed by atoms with Crippen LogP contribution in [0.25, 0.3) is 0 Å². The first-order valence-electron chi connectivity index (χ1n) is 8.42. The molecule has 2 N–H and O–H groups in total. The van der Waals surface area contributed by atoms with E-state index in [0.717, 1.165) is 25.0 Å². The van der Waals surface area contributed by atoms with Crippen LogP contribution < -0.4 is 10.6 Å². The van der Waals surface area contributed by atoms with Crippen molar-refractivity contribution in [3.8, 4) is 0 Å². The molecular weight excluding hydrogens is 250 g/mol. The van der Waals surface area contributed by atoms with Crippen molar-refractivity contribution in [2.24, 2.45) is 22.2 Å². The van der Waals surface area contributed by atoms with Crippen LogP contribution in [0.1, 0.15) is 44.9 Å². The van der Waals surface area contributed by atoms with Gasteiger partial charge in [0.25, 0.3) is 0 Å². The molecule has 1 spiro atoms. The molecule has 4 rings (SSSR count). The predicted octanol–water partition coefficient (Wildman–Crippen LogP) is 1.91. The SMILES string of the molecule is CN=C(NCC1CC1)NC1C2CCOC2C12CCCC2. The minimum atomic E-state index is 0.415. The van der Waals surface area contributed by atoms with E-state index >= 15 is 0 Å². The van der Waals surface area contributed by atoms with Crippen LogP contribution in [0.15, 0.2) is 4.99 Å². The first-order valence-corrected chi connectivity index (χ1v) is 8.42. The van der Waals surface area contributed by atoms with Gasteiger partial charge in [0.2, 0.25) is 0 Å². The molecule has 0 amide bonds. The second kappa shape index (κ2) is 4.90. The van der Waals surface area contributed by atoms with Gasteiger partial charge in [-0.05, 0) is 38.0 Å². The molecule has 20 heavy (non-hydrogen) atoms. The molecule has 1 aliphatic heterocycles. The van der Waals surface area contributed by atoms with E-state index in [1.54, 1.807) is 0 Å². The summed E-state index contributed by atoms with van der Waals surface area (Å²) >= 11 is 0. The second-order valence-corrected chi connectivity index (χ2v) is 7.20. The molecule has 0 aromatic heterocycles. The number of fused-ring (bicyclic) bond motifs is 2. The van der Waals surface area contributed by atoms with E-state index in [0.29, 0.717) is 23.5 Å². The highest BCUT2D eigenvalue weighted by Crippen LogP contribution is 2.60. The minimum Gasteiger partial charge on any atom is -0.377 e. The van der Waals surface area contributed by atoms with E-state index in [1.807, 2.05) is 7.05 Å². The van der Waals surface area contributed by atoms with Crippen molar-refractivity contribution in [1.29, 1.82) is 0 Å². The fraction of sp³-hybridized carbons (Fsp3) is 0.938. The lowest BCUT2D eigenvalue weighted by Crippen LogP contribution is -2.69. The summed E-state index contributed by atoms with van der Waals surface area (Å²) in [5, 5.41) is 7.26. The molecule has 0 aromatic carbocycles. The normalized spacial score (nSPS) is 38.6. The molecule has 112 valence electrons. The van der Waals surface area contributed by atoms with Crippen molar-refractivity contribution >= 4 is 5.96 Å². The largest absolute Gasteiger partial charge is 0.377 e. The summed E-state index contributed by atoms with van der Waals surface area (Å²) in [5.74, 6) is 2.61. The van der Waals surface area contributed by atoms with Gasteiger partial charge in [0.05, 0.1) is 6.10 Å². The van der Waals surface area contributed by atoms with Crippen molar-refractivity contribution < 1.29 is 4.74 Å². The smallest absolute Gasteiger partial charge is 0.191 e. The van der Waals surface area contributed by atoms with E-state index in [9.17, 15) is 0 Å². The summed E-state index contributed by atoms with van der Waals surface area (Å²) in [6.07, 6.45) is 9.95. The number of nitrogens with one attached hydrogen (secondary N) is 2. The molecule has 3 aliphatic carbocycles. The lowest BCUT2D eigenvalue weighted by atomic mass is 9.54. The van der Waals surface area contributed by atoms with Crippen LogP contribution in [0.4, 0.5) is 0 Å². The van der Waals surface area contributed by atoms with Crippen LogP contribution in [-0.2, 0) is 4.74 Å². The molecule has 3 unspecified atom stereocenters. The zero-order valence-corrected chi connectivity index (χ0v) is 12.5. The molecule has 1 heterocycles. The number of ether oxygens (including phenoxy) is 1. The third-order valence-electron chi connectivity index (χ3n) is 6.06. The Bertz CT molecular complexity index is 399. The Labute approximate surface area is 121 Å². The van der Waals surface area contributed by atoms with Crippen molar-refractivity contribution in [1.82, 2.24) is 10.6 Å². The standard InChI is InChI=1S/C16H27N3O/c1-17-15(18-10-11-4-5-11)19-13-12-6-9-20-14(12)16(13)7-2-3-8-16/h11-14H,2-10H2,1H3,(H2,17,18,19). The summed E-state index contributed by atoms with van der Waals surface area (Å²) < 4.78 is 6.04. The maximum absolute atomic E-state index is 6.04. The van der Waals surface area contributed by atoms with Gasteiger partial charge in [-0.1, -0.05) is 12.8 Å². The van der Waals surface area contributed by atoms with Crippen LogP contribution in [0.3, 0.4) is 0 Å². The van der Waals surface area contributed by atoms with Gasteiger partial charge in [0.15, 0.2) is 5.96 Å². The molecule has 1 saturated heterocycles. The zero-order chi connectivity index (χ0) is 13.6. The molecule has 4 nitrogen and oxygen atoms in total. The van der Waals surface area contributed by atoms with E-state index in [2.05, 4.69) is 15.6 Å². The summed E-state index contributed by atoms with van der Waals surface area (Å²) in [7, 11) is 1.89. The van der Waals surface area contributed by atoms with Gasteiger partial charge in [-0.2, -0.15) is 0 Å².